The molecule has 6 heteroatoms. The summed E-state index contributed by atoms with van der Waals surface area (Å²) in [5.41, 5.74) is 3.29. The molecule has 0 unspecified atom stereocenters. The molecular weight excluding hydrogens is 417 g/mol. The lowest BCUT2D eigenvalue weighted by molar-refractivity contribution is -0.121. The van der Waals surface area contributed by atoms with E-state index in [2.05, 4.69) is 27.2 Å². The van der Waals surface area contributed by atoms with Gasteiger partial charge in [0.25, 0.3) is 0 Å². The standard InChI is InChI=1S/C24H29Cl2N3O/c25-22-9-4-18(16-23(22)26)17-28-14-10-19(11-15-28)24(30)27-20-5-7-21(8-6-20)29-12-2-1-3-13-29/h4-9,16,19H,1-3,10-15,17H2,(H,27,30). The maximum absolute atomic E-state index is 12.7. The van der Waals surface area contributed by atoms with E-state index in [9.17, 15) is 4.79 Å². The minimum atomic E-state index is 0.0665. The quantitative estimate of drug-likeness (QED) is 0.627. The fraction of sp³-hybridized carbons (Fsp3) is 0.458. The van der Waals surface area contributed by atoms with Crippen molar-refractivity contribution in [1.82, 2.24) is 4.90 Å². The van der Waals surface area contributed by atoms with Gasteiger partial charge in [0.15, 0.2) is 0 Å². The molecule has 2 aliphatic rings. The smallest absolute Gasteiger partial charge is 0.227 e. The SMILES string of the molecule is O=C(Nc1ccc(N2CCCCC2)cc1)C1CCN(Cc2ccc(Cl)c(Cl)c2)CC1. The van der Waals surface area contributed by atoms with E-state index < -0.39 is 0 Å². The first-order chi connectivity index (χ1) is 14.6. The Bertz CT molecular complexity index is 857. The summed E-state index contributed by atoms with van der Waals surface area (Å²) in [5.74, 6) is 0.201. The van der Waals surface area contributed by atoms with Crippen molar-refractivity contribution in [3.63, 3.8) is 0 Å². The van der Waals surface area contributed by atoms with Crippen LogP contribution >= 0.6 is 23.2 Å². The molecule has 0 saturated carbocycles. The number of piperidine rings is 2. The summed E-state index contributed by atoms with van der Waals surface area (Å²) in [6.07, 6.45) is 5.61. The molecule has 4 nitrogen and oxygen atoms in total. The highest BCUT2D eigenvalue weighted by Gasteiger charge is 2.25. The third kappa shape index (κ3) is 5.48. The fourth-order valence-corrected chi connectivity index (χ4v) is 4.72. The Hall–Kier alpha value is -1.75. The van der Waals surface area contributed by atoms with E-state index in [1.165, 1.54) is 24.9 Å². The van der Waals surface area contributed by atoms with Crippen LogP contribution in [0.15, 0.2) is 42.5 Å². The van der Waals surface area contributed by atoms with Crippen LogP contribution in [0.1, 0.15) is 37.7 Å². The average molecular weight is 446 g/mol. The summed E-state index contributed by atoms with van der Waals surface area (Å²) in [7, 11) is 0. The molecule has 0 radical (unpaired) electrons. The number of anilines is 2. The molecule has 2 saturated heterocycles. The van der Waals surface area contributed by atoms with E-state index in [0.29, 0.717) is 10.0 Å². The number of nitrogens with zero attached hydrogens (tertiary/aromatic N) is 2. The molecule has 0 bridgehead atoms. The average Bonchev–Trinajstić information content (AvgIpc) is 2.78. The van der Waals surface area contributed by atoms with Crippen molar-refractivity contribution in [2.75, 3.05) is 36.4 Å². The first kappa shape index (κ1) is 21.5. The van der Waals surface area contributed by atoms with E-state index >= 15 is 0 Å². The van der Waals surface area contributed by atoms with Gasteiger partial charge in [-0.25, -0.2) is 0 Å². The topological polar surface area (TPSA) is 35.6 Å². The lowest BCUT2D eigenvalue weighted by Crippen LogP contribution is -2.37. The van der Waals surface area contributed by atoms with Crippen LogP contribution in [0.25, 0.3) is 0 Å². The van der Waals surface area contributed by atoms with E-state index in [0.717, 1.165) is 56.8 Å². The van der Waals surface area contributed by atoms with Gasteiger partial charge in [-0.3, -0.25) is 9.69 Å². The third-order valence-corrected chi connectivity index (χ3v) is 6.94. The van der Waals surface area contributed by atoms with Gasteiger partial charge in [-0.2, -0.15) is 0 Å². The highest BCUT2D eigenvalue weighted by atomic mass is 35.5. The van der Waals surface area contributed by atoms with Crippen LogP contribution < -0.4 is 10.2 Å². The van der Waals surface area contributed by atoms with Crippen LogP contribution in [0.5, 0.6) is 0 Å². The molecule has 30 heavy (non-hydrogen) atoms. The Morgan fingerprint density at radius 1 is 0.900 bits per heavy atom. The van der Waals surface area contributed by atoms with E-state index in [1.54, 1.807) is 0 Å². The summed E-state index contributed by atoms with van der Waals surface area (Å²) >= 11 is 12.1. The number of likely N-dealkylation sites (tertiary alicyclic amines) is 1. The maximum atomic E-state index is 12.7. The Labute approximate surface area is 189 Å². The molecule has 2 aromatic rings. The molecule has 0 spiro atoms. The number of carbonyl (C=O) groups is 1. The van der Waals surface area contributed by atoms with Crippen molar-refractivity contribution in [2.24, 2.45) is 5.92 Å². The van der Waals surface area contributed by atoms with Crippen molar-refractivity contribution in [3.05, 3.63) is 58.1 Å². The number of halogens is 2. The van der Waals surface area contributed by atoms with E-state index in [1.807, 2.05) is 30.3 Å². The number of nitrogens with one attached hydrogen (secondary N) is 1. The Balaban J connectivity index is 1.25. The van der Waals surface area contributed by atoms with Crippen LogP contribution in [-0.4, -0.2) is 37.0 Å². The van der Waals surface area contributed by atoms with E-state index in [-0.39, 0.29) is 11.8 Å². The van der Waals surface area contributed by atoms with Crippen molar-refractivity contribution in [3.8, 4) is 0 Å². The number of carbonyl (C=O) groups excluding carboxylic acids is 1. The lowest BCUT2D eigenvalue weighted by Gasteiger charge is -2.31. The Kier molecular flexibility index (Phi) is 7.19. The maximum Gasteiger partial charge on any atom is 0.227 e. The normalized spacial score (nSPS) is 18.4. The third-order valence-electron chi connectivity index (χ3n) is 6.20. The summed E-state index contributed by atoms with van der Waals surface area (Å²) in [6.45, 7) is 4.92. The van der Waals surface area contributed by atoms with Crippen molar-refractivity contribution >= 4 is 40.5 Å². The molecule has 160 valence electrons. The molecule has 0 atom stereocenters. The second-order valence-electron chi connectivity index (χ2n) is 8.38. The molecule has 4 rings (SSSR count). The van der Waals surface area contributed by atoms with Crippen molar-refractivity contribution in [1.29, 1.82) is 0 Å². The number of benzene rings is 2. The van der Waals surface area contributed by atoms with Crippen molar-refractivity contribution < 1.29 is 4.79 Å². The molecule has 1 amide bonds. The van der Waals surface area contributed by atoms with Crippen LogP contribution in [0.4, 0.5) is 11.4 Å². The van der Waals surface area contributed by atoms with Gasteiger partial charge >= 0.3 is 0 Å². The second-order valence-corrected chi connectivity index (χ2v) is 9.20. The summed E-state index contributed by atoms with van der Waals surface area (Å²) in [6, 6.07) is 14.1. The van der Waals surface area contributed by atoms with Gasteiger partial charge in [0.2, 0.25) is 5.91 Å². The van der Waals surface area contributed by atoms with Gasteiger partial charge in [-0.15, -0.1) is 0 Å². The van der Waals surface area contributed by atoms with E-state index in [4.69, 9.17) is 23.2 Å². The second kappa shape index (κ2) is 10.0. The summed E-state index contributed by atoms with van der Waals surface area (Å²) in [4.78, 5) is 17.5. The summed E-state index contributed by atoms with van der Waals surface area (Å²) in [5, 5.41) is 4.29. The molecule has 2 fully saturated rings. The predicted octanol–water partition coefficient (Wildman–Crippen LogP) is 5.83. The number of hydrogen-bond donors (Lipinski definition) is 1. The Morgan fingerprint density at radius 2 is 1.60 bits per heavy atom. The first-order valence-corrected chi connectivity index (χ1v) is 11.7. The fourth-order valence-electron chi connectivity index (χ4n) is 4.40. The predicted molar refractivity (Wildman–Crippen MR) is 126 cm³/mol. The van der Waals surface area contributed by atoms with Crippen molar-refractivity contribution in [2.45, 2.75) is 38.6 Å². The monoisotopic (exact) mass is 445 g/mol. The first-order valence-electron chi connectivity index (χ1n) is 10.9. The number of hydrogen-bond acceptors (Lipinski definition) is 3. The highest BCUT2D eigenvalue weighted by Crippen LogP contribution is 2.26. The molecule has 2 aromatic carbocycles. The van der Waals surface area contributed by atoms with Crippen LogP contribution in [0.3, 0.4) is 0 Å². The van der Waals surface area contributed by atoms with Gasteiger partial charge in [0.05, 0.1) is 10.0 Å². The zero-order chi connectivity index (χ0) is 20.9. The molecule has 2 aliphatic heterocycles. The van der Waals surface area contributed by atoms with Crippen LogP contribution in [-0.2, 0) is 11.3 Å². The van der Waals surface area contributed by atoms with Crippen LogP contribution in [0.2, 0.25) is 10.0 Å². The van der Waals surface area contributed by atoms with Crippen LogP contribution in [0, 0.1) is 5.92 Å². The van der Waals surface area contributed by atoms with Gasteiger partial charge in [0, 0.05) is 36.9 Å². The van der Waals surface area contributed by atoms with Gasteiger partial charge in [-0.05, 0) is 87.2 Å². The minimum absolute atomic E-state index is 0.0665. The molecule has 2 heterocycles. The van der Waals surface area contributed by atoms with Gasteiger partial charge in [0.1, 0.15) is 0 Å². The van der Waals surface area contributed by atoms with Gasteiger partial charge in [-0.1, -0.05) is 29.3 Å². The van der Waals surface area contributed by atoms with Gasteiger partial charge < -0.3 is 10.2 Å². The molecule has 0 aliphatic carbocycles. The number of rotatable bonds is 5. The zero-order valence-electron chi connectivity index (χ0n) is 17.2. The molecular formula is C24H29Cl2N3O. The minimum Gasteiger partial charge on any atom is -0.372 e. The number of amides is 1. The zero-order valence-corrected chi connectivity index (χ0v) is 18.8. The molecule has 1 N–H and O–H groups in total. The lowest BCUT2D eigenvalue weighted by atomic mass is 9.95. The molecule has 0 aromatic heterocycles. The highest BCUT2D eigenvalue weighted by molar-refractivity contribution is 6.42. The largest absolute Gasteiger partial charge is 0.372 e. The summed E-state index contributed by atoms with van der Waals surface area (Å²) < 4.78 is 0. The Morgan fingerprint density at radius 3 is 2.27 bits per heavy atom.